The molecule has 1 aromatic rings. The molecule has 2 fully saturated rings. The van der Waals surface area contributed by atoms with Gasteiger partial charge in [0.05, 0.1) is 11.8 Å². The van der Waals surface area contributed by atoms with Crippen molar-refractivity contribution < 1.29 is 14.7 Å². The minimum atomic E-state index is -0.837. The summed E-state index contributed by atoms with van der Waals surface area (Å²) < 4.78 is 0. The van der Waals surface area contributed by atoms with E-state index in [4.69, 9.17) is 5.11 Å². The third-order valence-corrected chi connectivity index (χ3v) is 4.48. The number of nitrogens with zero attached hydrogens (tertiary/aromatic N) is 1. The number of hydrogen-bond acceptors (Lipinski definition) is 2. The second-order valence-corrected chi connectivity index (χ2v) is 6.15. The van der Waals surface area contributed by atoms with Crippen LogP contribution >= 0.6 is 0 Å². The molecule has 0 radical (unpaired) electrons. The first-order chi connectivity index (χ1) is 10.1. The lowest BCUT2D eigenvalue weighted by molar-refractivity contribution is -0.142. The summed E-state index contributed by atoms with van der Waals surface area (Å²) in [6.45, 7) is 2.73. The SMILES string of the molecule is CCc1ccc(CN(C(=O)[C@@H]2C[C@@H]2C(=O)O)C2CC2)cc1. The Hall–Kier alpha value is -1.84. The van der Waals surface area contributed by atoms with Gasteiger partial charge in [-0.15, -0.1) is 0 Å². The van der Waals surface area contributed by atoms with Crippen LogP contribution in [-0.4, -0.2) is 27.9 Å². The zero-order chi connectivity index (χ0) is 15.0. The standard InChI is InChI=1S/C17H21NO3/c1-2-11-3-5-12(6-4-11)10-18(13-7-8-13)16(19)14-9-15(14)17(20)21/h3-6,13-15H,2,7-10H2,1H3,(H,20,21)/t14-,15+/m1/s1. The molecule has 1 aromatic carbocycles. The quantitative estimate of drug-likeness (QED) is 0.874. The molecule has 0 spiro atoms. The average molecular weight is 287 g/mol. The molecular formula is C17H21NO3. The highest BCUT2D eigenvalue weighted by Gasteiger charge is 2.51. The fourth-order valence-corrected chi connectivity index (χ4v) is 2.80. The molecule has 4 nitrogen and oxygen atoms in total. The number of rotatable bonds is 6. The Morgan fingerprint density at radius 3 is 2.24 bits per heavy atom. The van der Waals surface area contributed by atoms with Gasteiger partial charge in [0, 0.05) is 12.6 Å². The van der Waals surface area contributed by atoms with Gasteiger partial charge in [-0.25, -0.2) is 0 Å². The molecule has 2 saturated carbocycles. The minimum absolute atomic E-state index is 0.0319. The molecule has 0 bridgehead atoms. The summed E-state index contributed by atoms with van der Waals surface area (Å²) in [7, 11) is 0. The third-order valence-electron chi connectivity index (χ3n) is 4.48. The van der Waals surface area contributed by atoms with Crippen LogP contribution in [0.1, 0.15) is 37.3 Å². The van der Waals surface area contributed by atoms with E-state index in [1.807, 2.05) is 4.90 Å². The third kappa shape index (κ3) is 3.09. The van der Waals surface area contributed by atoms with Crippen LogP contribution in [0.4, 0.5) is 0 Å². The Morgan fingerprint density at radius 2 is 1.76 bits per heavy atom. The Bertz CT molecular complexity index is 548. The molecule has 3 rings (SSSR count). The monoisotopic (exact) mass is 287 g/mol. The molecule has 0 unspecified atom stereocenters. The molecule has 2 aliphatic carbocycles. The number of carbonyl (C=O) groups excluding carboxylic acids is 1. The predicted molar refractivity (Wildman–Crippen MR) is 78.6 cm³/mol. The van der Waals surface area contributed by atoms with Crippen LogP contribution in [0.25, 0.3) is 0 Å². The lowest BCUT2D eigenvalue weighted by atomic mass is 10.1. The topological polar surface area (TPSA) is 57.6 Å². The van der Waals surface area contributed by atoms with Crippen molar-refractivity contribution in [3.05, 3.63) is 35.4 Å². The van der Waals surface area contributed by atoms with E-state index < -0.39 is 11.9 Å². The van der Waals surface area contributed by atoms with E-state index in [9.17, 15) is 9.59 Å². The van der Waals surface area contributed by atoms with Gasteiger partial charge in [-0.05, 0) is 36.8 Å². The summed E-state index contributed by atoms with van der Waals surface area (Å²) in [6, 6.07) is 8.66. The molecular weight excluding hydrogens is 266 g/mol. The van der Waals surface area contributed by atoms with E-state index in [0.29, 0.717) is 19.0 Å². The molecule has 2 aliphatic rings. The first-order valence-corrected chi connectivity index (χ1v) is 7.71. The van der Waals surface area contributed by atoms with Gasteiger partial charge in [-0.2, -0.15) is 0 Å². The van der Waals surface area contributed by atoms with Crippen LogP contribution in [0.15, 0.2) is 24.3 Å². The second kappa shape index (κ2) is 5.51. The molecule has 1 N–H and O–H groups in total. The Balaban J connectivity index is 1.67. The summed E-state index contributed by atoms with van der Waals surface area (Å²) in [4.78, 5) is 25.3. The van der Waals surface area contributed by atoms with Crippen LogP contribution in [0.2, 0.25) is 0 Å². The normalized spacial score (nSPS) is 23.7. The van der Waals surface area contributed by atoms with Gasteiger partial charge in [0.2, 0.25) is 5.91 Å². The van der Waals surface area contributed by atoms with E-state index in [-0.39, 0.29) is 11.8 Å². The van der Waals surface area contributed by atoms with Crippen molar-refractivity contribution in [3.63, 3.8) is 0 Å². The summed E-state index contributed by atoms with van der Waals surface area (Å²) in [5.41, 5.74) is 2.41. The summed E-state index contributed by atoms with van der Waals surface area (Å²) in [5, 5.41) is 8.99. The van der Waals surface area contributed by atoms with Crippen molar-refractivity contribution in [1.82, 2.24) is 4.90 Å². The maximum atomic E-state index is 12.5. The lowest BCUT2D eigenvalue weighted by Gasteiger charge is -2.23. The zero-order valence-electron chi connectivity index (χ0n) is 12.3. The van der Waals surface area contributed by atoms with Crippen molar-refractivity contribution in [2.45, 2.75) is 45.2 Å². The Morgan fingerprint density at radius 1 is 1.14 bits per heavy atom. The fraction of sp³-hybridized carbons (Fsp3) is 0.529. The predicted octanol–water partition coefficient (Wildman–Crippen LogP) is 2.46. The van der Waals surface area contributed by atoms with E-state index in [1.165, 1.54) is 5.56 Å². The molecule has 1 amide bonds. The molecule has 4 heteroatoms. The maximum Gasteiger partial charge on any atom is 0.307 e. The summed E-state index contributed by atoms with van der Waals surface area (Å²) in [6.07, 6.45) is 3.60. The Kier molecular flexibility index (Phi) is 3.70. The molecule has 0 heterocycles. The molecule has 2 atom stereocenters. The number of benzene rings is 1. The maximum absolute atomic E-state index is 12.5. The van der Waals surface area contributed by atoms with Gasteiger partial charge >= 0.3 is 5.97 Å². The van der Waals surface area contributed by atoms with E-state index in [1.54, 1.807) is 0 Å². The second-order valence-electron chi connectivity index (χ2n) is 6.15. The van der Waals surface area contributed by atoms with Gasteiger partial charge < -0.3 is 10.0 Å². The Labute approximate surface area is 124 Å². The van der Waals surface area contributed by atoms with Gasteiger partial charge in [-0.1, -0.05) is 31.2 Å². The highest BCUT2D eigenvalue weighted by molar-refractivity contribution is 5.89. The van der Waals surface area contributed by atoms with E-state index in [2.05, 4.69) is 31.2 Å². The first kappa shape index (κ1) is 14.1. The highest BCUT2D eigenvalue weighted by Crippen LogP contribution is 2.42. The summed E-state index contributed by atoms with van der Waals surface area (Å²) >= 11 is 0. The zero-order valence-corrected chi connectivity index (χ0v) is 12.3. The number of carboxylic acid groups (broad SMARTS) is 1. The number of aryl methyl sites for hydroxylation is 1. The van der Waals surface area contributed by atoms with Crippen molar-refractivity contribution in [2.75, 3.05) is 0 Å². The number of amides is 1. The van der Waals surface area contributed by atoms with Gasteiger partial charge in [0.25, 0.3) is 0 Å². The van der Waals surface area contributed by atoms with Crippen LogP contribution in [0, 0.1) is 11.8 Å². The van der Waals surface area contributed by atoms with Crippen LogP contribution < -0.4 is 0 Å². The average Bonchev–Trinajstić information content (AvgIpc) is 3.37. The van der Waals surface area contributed by atoms with Crippen LogP contribution in [0.3, 0.4) is 0 Å². The number of carbonyl (C=O) groups is 2. The molecule has 112 valence electrons. The van der Waals surface area contributed by atoms with Gasteiger partial charge in [-0.3, -0.25) is 9.59 Å². The van der Waals surface area contributed by atoms with Crippen LogP contribution in [0.5, 0.6) is 0 Å². The molecule has 0 saturated heterocycles. The van der Waals surface area contributed by atoms with Crippen LogP contribution in [-0.2, 0) is 22.6 Å². The van der Waals surface area contributed by atoms with Crippen molar-refractivity contribution in [3.8, 4) is 0 Å². The highest BCUT2D eigenvalue weighted by atomic mass is 16.4. The number of carboxylic acids is 1. The molecule has 21 heavy (non-hydrogen) atoms. The van der Waals surface area contributed by atoms with Crippen molar-refractivity contribution in [2.24, 2.45) is 11.8 Å². The van der Waals surface area contributed by atoms with E-state index >= 15 is 0 Å². The summed E-state index contributed by atoms with van der Waals surface area (Å²) in [5.74, 6) is -1.56. The van der Waals surface area contributed by atoms with Gasteiger partial charge in [0.1, 0.15) is 0 Å². The molecule has 0 aromatic heterocycles. The first-order valence-electron chi connectivity index (χ1n) is 7.71. The number of hydrogen-bond donors (Lipinski definition) is 1. The van der Waals surface area contributed by atoms with Gasteiger partial charge in [0.15, 0.2) is 0 Å². The number of aliphatic carboxylic acids is 1. The minimum Gasteiger partial charge on any atom is -0.481 e. The largest absolute Gasteiger partial charge is 0.481 e. The lowest BCUT2D eigenvalue weighted by Crippen LogP contribution is -2.34. The van der Waals surface area contributed by atoms with Crippen molar-refractivity contribution >= 4 is 11.9 Å². The molecule has 0 aliphatic heterocycles. The van der Waals surface area contributed by atoms with Crippen molar-refractivity contribution in [1.29, 1.82) is 0 Å². The van der Waals surface area contributed by atoms with E-state index in [0.717, 1.165) is 24.8 Å². The smallest absolute Gasteiger partial charge is 0.307 e. The fourth-order valence-electron chi connectivity index (χ4n) is 2.80.